The van der Waals surface area contributed by atoms with Gasteiger partial charge in [0.2, 0.25) is 0 Å². The lowest BCUT2D eigenvalue weighted by molar-refractivity contribution is -0.0455. The molecule has 3 fully saturated rings. The van der Waals surface area contributed by atoms with Crippen molar-refractivity contribution in [1.82, 2.24) is 10.2 Å². The van der Waals surface area contributed by atoms with Crippen molar-refractivity contribution in [1.29, 1.82) is 0 Å². The van der Waals surface area contributed by atoms with Gasteiger partial charge in [0.15, 0.2) is 12.2 Å². The van der Waals surface area contributed by atoms with E-state index in [1.807, 2.05) is 13.8 Å². The molecule has 0 radical (unpaired) electrons. The Morgan fingerprint density at radius 1 is 1.23 bits per heavy atom. The van der Waals surface area contributed by atoms with E-state index >= 15 is 0 Å². The molecule has 3 unspecified atom stereocenters. The number of nitrogens with one attached hydrogen (secondary N) is 1. The molecule has 2 bridgehead atoms. The summed E-state index contributed by atoms with van der Waals surface area (Å²) >= 11 is 0. The van der Waals surface area contributed by atoms with Crippen LogP contribution in [0.15, 0.2) is 5.16 Å². The smallest absolute Gasteiger partial charge is 0.260 e. The van der Waals surface area contributed by atoms with Crippen LogP contribution in [0.4, 0.5) is 0 Å². The van der Waals surface area contributed by atoms with Crippen LogP contribution in [0, 0.1) is 0 Å². The van der Waals surface area contributed by atoms with Crippen molar-refractivity contribution in [3.05, 3.63) is 0 Å². The summed E-state index contributed by atoms with van der Waals surface area (Å²) in [6.07, 6.45) is 4.99. The maximum absolute atomic E-state index is 6.11. The van der Waals surface area contributed by atoms with Crippen LogP contribution >= 0.6 is 0 Å². The number of oxime groups is 1. The van der Waals surface area contributed by atoms with Crippen molar-refractivity contribution in [2.45, 2.75) is 57.3 Å². The number of hydrogen-bond acceptors (Lipinski definition) is 6. The van der Waals surface area contributed by atoms with Gasteiger partial charge in [-0.3, -0.25) is 4.90 Å². The van der Waals surface area contributed by atoms with Gasteiger partial charge in [-0.2, -0.15) is 0 Å². The highest BCUT2D eigenvalue weighted by Crippen LogP contribution is 2.34. The van der Waals surface area contributed by atoms with Crippen LogP contribution in [-0.4, -0.2) is 67.9 Å². The van der Waals surface area contributed by atoms with Crippen molar-refractivity contribution in [2.24, 2.45) is 5.16 Å². The first-order chi connectivity index (χ1) is 10.8. The molecule has 0 aromatic heterocycles. The fraction of sp³-hybridized carbons (Fsp3) is 0.938. The summed E-state index contributed by atoms with van der Waals surface area (Å²) in [5, 5.41) is 7.57. The first kappa shape index (κ1) is 16.0. The number of piperidine rings is 1. The second-order valence-corrected chi connectivity index (χ2v) is 6.38. The molecule has 4 aliphatic rings. The van der Waals surface area contributed by atoms with E-state index in [0.29, 0.717) is 18.5 Å². The molecule has 126 valence electrons. The SMILES string of the molecule is C1CCN(CC2CON=C(C34CNC(CO3)C4)O2)CC1.CC. The largest absolute Gasteiger partial charge is 0.468 e. The summed E-state index contributed by atoms with van der Waals surface area (Å²) in [6, 6.07) is 0.448. The summed E-state index contributed by atoms with van der Waals surface area (Å²) in [7, 11) is 0. The minimum Gasteiger partial charge on any atom is -0.468 e. The van der Waals surface area contributed by atoms with Gasteiger partial charge in [0.25, 0.3) is 5.90 Å². The lowest BCUT2D eigenvalue weighted by atomic mass is 10.0. The van der Waals surface area contributed by atoms with Crippen molar-refractivity contribution in [3.8, 4) is 0 Å². The Hall–Kier alpha value is -0.850. The van der Waals surface area contributed by atoms with E-state index in [-0.39, 0.29) is 11.7 Å². The molecule has 4 heterocycles. The Balaban J connectivity index is 0.000000693. The normalized spacial score (nSPS) is 37.6. The van der Waals surface area contributed by atoms with E-state index in [1.165, 1.54) is 32.4 Å². The minimum atomic E-state index is -0.370. The summed E-state index contributed by atoms with van der Waals surface area (Å²) in [4.78, 5) is 7.90. The molecule has 4 aliphatic heterocycles. The number of ether oxygens (including phenoxy) is 2. The van der Waals surface area contributed by atoms with Gasteiger partial charge in [0, 0.05) is 25.6 Å². The van der Waals surface area contributed by atoms with Gasteiger partial charge in [0.05, 0.1) is 6.61 Å². The van der Waals surface area contributed by atoms with E-state index in [9.17, 15) is 0 Å². The van der Waals surface area contributed by atoms with Crippen molar-refractivity contribution in [2.75, 3.05) is 39.4 Å². The zero-order valence-corrected chi connectivity index (χ0v) is 13.8. The quantitative estimate of drug-likeness (QED) is 0.853. The van der Waals surface area contributed by atoms with Crippen LogP contribution in [-0.2, 0) is 14.3 Å². The fourth-order valence-electron chi connectivity index (χ4n) is 3.67. The number of likely N-dealkylation sites (tertiary alicyclic amines) is 1. The monoisotopic (exact) mass is 311 g/mol. The van der Waals surface area contributed by atoms with Crippen molar-refractivity contribution in [3.63, 3.8) is 0 Å². The molecule has 4 rings (SSSR count). The minimum absolute atomic E-state index is 0.0817. The van der Waals surface area contributed by atoms with Gasteiger partial charge in [-0.1, -0.05) is 20.3 Å². The van der Waals surface area contributed by atoms with Crippen LogP contribution < -0.4 is 5.32 Å². The Kier molecular flexibility index (Phi) is 5.21. The maximum Gasteiger partial charge on any atom is 0.260 e. The number of fused-ring (bicyclic) bond motifs is 2. The lowest BCUT2D eigenvalue weighted by Crippen LogP contribution is -2.51. The summed E-state index contributed by atoms with van der Waals surface area (Å²) in [6.45, 7) is 9.38. The fourth-order valence-corrected chi connectivity index (χ4v) is 3.67. The Labute approximate surface area is 133 Å². The molecule has 22 heavy (non-hydrogen) atoms. The summed E-state index contributed by atoms with van der Waals surface area (Å²) < 4.78 is 12.0. The van der Waals surface area contributed by atoms with Gasteiger partial charge in [-0.05, 0) is 31.1 Å². The third kappa shape index (κ3) is 3.24. The lowest BCUT2D eigenvalue weighted by Gasteiger charge is -2.35. The third-order valence-electron chi connectivity index (χ3n) is 4.80. The van der Waals surface area contributed by atoms with Crippen LogP contribution in [0.5, 0.6) is 0 Å². The molecule has 0 aromatic carbocycles. The Morgan fingerprint density at radius 2 is 2.05 bits per heavy atom. The van der Waals surface area contributed by atoms with Gasteiger partial charge < -0.3 is 19.6 Å². The predicted molar refractivity (Wildman–Crippen MR) is 85.0 cm³/mol. The highest BCUT2D eigenvalue weighted by molar-refractivity contribution is 5.86. The van der Waals surface area contributed by atoms with E-state index in [2.05, 4.69) is 15.4 Å². The van der Waals surface area contributed by atoms with Gasteiger partial charge in [-0.25, -0.2) is 0 Å². The molecule has 0 saturated carbocycles. The van der Waals surface area contributed by atoms with Crippen LogP contribution in [0.1, 0.15) is 39.5 Å². The molecule has 0 aromatic rings. The van der Waals surface area contributed by atoms with Gasteiger partial charge in [-0.15, -0.1) is 0 Å². The summed E-state index contributed by atoms with van der Waals surface area (Å²) in [5.41, 5.74) is -0.370. The van der Waals surface area contributed by atoms with Crippen molar-refractivity contribution < 1.29 is 14.3 Å². The van der Waals surface area contributed by atoms with Gasteiger partial charge in [0.1, 0.15) is 6.10 Å². The zero-order chi connectivity index (χ0) is 15.4. The highest BCUT2D eigenvalue weighted by atomic mass is 16.7. The molecule has 0 spiro atoms. The van der Waals surface area contributed by atoms with E-state index in [4.69, 9.17) is 14.3 Å². The summed E-state index contributed by atoms with van der Waals surface area (Å²) in [5.74, 6) is 0.651. The van der Waals surface area contributed by atoms with Crippen LogP contribution in [0.2, 0.25) is 0 Å². The first-order valence-corrected chi connectivity index (χ1v) is 8.81. The van der Waals surface area contributed by atoms with E-state index in [1.54, 1.807) is 0 Å². The number of nitrogens with zero attached hydrogens (tertiary/aromatic N) is 2. The maximum atomic E-state index is 6.11. The van der Waals surface area contributed by atoms with Crippen LogP contribution in [0.3, 0.4) is 0 Å². The molecule has 6 heteroatoms. The number of morpholine rings is 1. The second-order valence-electron chi connectivity index (χ2n) is 6.38. The highest BCUT2D eigenvalue weighted by Gasteiger charge is 2.53. The molecule has 3 atom stereocenters. The molecule has 3 saturated heterocycles. The Morgan fingerprint density at radius 3 is 2.68 bits per heavy atom. The van der Waals surface area contributed by atoms with Crippen molar-refractivity contribution >= 4 is 5.90 Å². The Bertz CT molecular complexity index is 388. The standard InChI is InChI=1S/C14H23N3O3.C2H6/c1-2-4-17(5-3-1)7-12-9-19-16-13(20-12)14-6-11(8-18-14)15-10-14;1-2/h11-12,15H,1-10H2;1-2H3. The number of hydrogen-bond donors (Lipinski definition) is 1. The molecular weight excluding hydrogens is 282 g/mol. The third-order valence-corrected chi connectivity index (χ3v) is 4.80. The average Bonchev–Trinajstić information content (AvgIpc) is 3.20. The molecular formula is C16H29N3O3. The molecule has 1 N–H and O–H groups in total. The molecule has 6 nitrogen and oxygen atoms in total. The first-order valence-electron chi connectivity index (χ1n) is 8.81. The molecule has 0 amide bonds. The van der Waals surface area contributed by atoms with E-state index < -0.39 is 0 Å². The zero-order valence-electron chi connectivity index (χ0n) is 13.8. The second kappa shape index (κ2) is 7.15. The molecule has 0 aliphatic carbocycles. The predicted octanol–water partition coefficient (Wildman–Crippen LogP) is 1.36. The van der Waals surface area contributed by atoms with Crippen LogP contribution in [0.25, 0.3) is 0 Å². The van der Waals surface area contributed by atoms with Gasteiger partial charge >= 0.3 is 0 Å². The number of rotatable bonds is 3. The average molecular weight is 311 g/mol. The van der Waals surface area contributed by atoms with E-state index in [0.717, 1.165) is 26.1 Å². The topological polar surface area (TPSA) is 55.3 Å².